The minimum absolute atomic E-state index is 0.186. The summed E-state index contributed by atoms with van der Waals surface area (Å²) in [6.45, 7) is 7.54. The van der Waals surface area contributed by atoms with Gasteiger partial charge in [-0.05, 0) is 25.7 Å². The summed E-state index contributed by atoms with van der Waals surface area (Å²) in [5, 5.41) is 11.2. The summed E-state index contributed by atoms with van der Waals surface area (Å²) >= 11 is 1.13. The Labute approximate surface area is 137 Å². The number of nitro benzene ring substituents is 1. The van der Waals surface area contributed by atoms with Gasteiger partial charge in [0.2, 0.25) is 11.5 Å². The first kappa shape index (κ1) is 16.9. The molecular formula is C16H14FN3O2S. The molecule has 118 valence electrons. The van der Waals surface area contributed by atoms with Gasteiger partial charge in [0.05, 0.1) is 16.4 Å². The van der Waals surface area contributed by atoms with Crippen molar-refractivity contribution in [2.24, 2.45) is 0 Å². The SMILES string of the molecule is [C-]#[N+]c1ccc(Sc2ccccc2CN(C)C)c([N+](=O)[O-])c1F. The fourth-order valence-corrected chi connectivity index (χ4v) is 3.11. The fraction of sp³-hybridized carbons (Fsp3) is 0.188. The van der Waals surface area contributed by atoms with Gasteiger partial charge in [0.25, 0.3) is 0 Å². The lowest BCUT2D eigenvalue weighted by molar-refractivity contribution is -0.390. The molecule has 0 aromatic heterocycles. The summed E-state index contributed by atoms with van der Waals surface area (Å²) in [7, 11) is 3.85. The van der Waals surface area contributed by atoms with E-state index in [9.17, 15) is 14.5 Å². The van der Waals surface area contributed by atoms with Crippen LogP contribution in [0.15, 0.2) is 46.2 Å². The number of rotatable bonds is 5. The van der Waals surface area contributed by atoms with E-state index < -0.39 is 16.4 Å². The summed E-state index contributed by atoms with van der Waals surface area (Å²) in [4.78, 5) is 16.4. The van der Waals surface area contributed by atoms with Crippen LogP contribution in [-0.4, -0.2) is 23.9 Å². The lowest BCUT2D eigenvalue weighted by Gasteiger charge is -2.14. The number of benzene rings is 2. The lowest BCUT2D eigenvalue weighted by Crippen LogP contribution is -2.11. The van der Waals surface area contributed by atoms with E-state index in [2.05, 4.69) is 4.85 Å². The Hall–Kier alpha value is -2.43. The van der Waals surface area contributed by atoms with E-state index in [0.717, 1.165) is 22.2 Å². The average Bonchev–Trinajstić information content (AvgIpc) is 2.48. The lowest BCUT2D eigenvalue weighted by atomic mass is 10.2. The fourth-order valence-electron chi connectivity index (χ4n) is 2.07. The van der Waals surface area contributed by atoms with Crippen molar-refractivity contribution in [2.45, 2.75) is 16.3 Å². The highest BCUT2D eigenvalue weighted by molar-refractivity contribution is 7.99. The van der Waals surface area contributed by atoms with Crippen molar-refractivity contribution >= 4 is 23.1 Å². The van der Waals surface area contributed by atoms with Gasteiger partial charge in [0.15, 0.2) is 0 Å². The molecule has 0 unspecified atom stereocenters. The van der Waals surface area contributed by atoms with Crippen molar-refractivity contribution < 1.29 is 9.31 Å². The Morgan fingerprint density at radius 3 is 2.57 bits per heavy atom. The van der Waals surface area contributed by atoms with Crippen LogP contribution in [0.25, 0.3) is 4.85 Å². The van der Waals surface area contributed by atoms with Crippen molar-refractivity contribution in [1.82, 2.24) is 4.90 Å². The highest BCUT2D eigenvalue weighted by Gasteiger charge is 2.24. The molecule has 0 aliphatic carbocycles. The summed E-state index contributed by atoms with van der Waals surface area (Å²) in [6, 6.07) is 10.2. The third-order valence-corrected chi connectivity index (χ3v) is 4.21. The van der Waals surface area contributed by atoms with Crippen LogP contribution in [-0.2, 0) is 6.54 Å². The molecule has 0 spiro atoms. The molecule has 5 nitrogen and oxygen atoms in total. The Morgan fingerprint density at radius 2 is 1.96 bits per heavy atom. The second-order valence-electron chi connectivity index (χ2n) is 5.06. The third kappa shape index (κ3) is 3.86. The van der Waals surface area contributed by atoms with Crippen molar-refractivity contribution in [3.8, 4) is 0 Å². The molecule has 0 bridgehead atoms. The highest BCUT2D eigenvalue weighted by atomic mass is 32.2. The van der Waals surface area contributed by atoms with Crippen LogP contribution in [0.3, 0.4) is 0 Å². The van der Waals surface area contributed by atoms with E-state index >= 15 is 0 Å². The van der Waals surface area contributed by atoms with E-state index in [1.807, 2.05) is 43.3 Å². The zero-order valence-corrected chi connectivity index (χ0v) is 13.4. The number of halogens is 1. The third-order valence-electron chi connectivity index (χ3n) is 3.04. The van der Waals surface area contributed by atoms with Crippen molar-refractivity contribution in [2.75, 3.05) is 14.1 Å². The number of hydrogen-bond acceptors (Lipinski definition) is 4. The average molecular weight is 331 g/mol. The van der Waals surface area contributed by atoms with Crippen LogP contribution in [0.2, 0.25) is 0 Å². The predicted molar refractivity (Wildman–Crippen MR) is 87.3 cm³/mol. The quantitative estimate of drug-likeness (QED) is 0.460. The van der Waals surface area contributed by atoms with Crippen LogP contribution < -0.4 is 0 Å². The molecule has 23 heavy (non-hydrogen) atoms. The van der Waals surface area contributed by atoms with Crippen molar-refractivity contribution in [1.29, 1.82) is 0 Å². The summed E-state index contributed by atoms with van der Waals surface area (Å²) in [5.74, 6) is -1.08. The summed E-state index contributed by atoms with van der Waals surface area (Å²) < 4.78 is 14.1. The van der Waals surface area contributed by atoms with Crippen LogP contribution in [0.1, 0.15) is 5.56 Å². The Kier molecular flexibility index (Phi) is 5.32. The zero-order chi connectivity index (χ0) is 17.0. The topological polar surface area (TPSA) is 50.7 Å². The van der Waals surface area contributed by atoms with Gasteiger partial charge in [-0.3, -0.25) is 10.1 Å². The van der Waals surface area contributed by atoms with Crippen LogP contribution in [0.5, 0.6) is 0 Å². The molecule has 2 aromatic rings. The van der Waals surface area contributed by atoms with E-state index in [4.69, 9.17) is 6.57 Å². The molecule has 7 heteroatoms. The van der Waals surface area contributed by atoms with Gasteiger partial charge in [-0.15, -0.1) is 0 Å². The second kappa shape index (κ2) is 7.22. The van der Waals surface area contributed by atoms with Gasteiger partial charge in [-0.25, -0.2) is 9.24 Å². The van der Waals surface area contributed by atoms with E-state index in [-0.39, 0.29) is 10.6 Å². The maximum Gasteiger partial charge on any atom is 0.308 e. The molecule has 0 radical (unpaired) electrons. The van der Waals surface area contributed by atoms with Gasteiger partial charge < -0.3 is 4.90 Å². The molecule has 0 fully saturated rings. The first-order chi connectivity index (χ1) is 10.9. The maximum atomic E-state index is 14.1. The first-order valence-corrected chi connectivity index (χ1v) is 7.50. The van der Waals surface area contributed by atoms with Gasteiger partial charge in [0.1, 0.15) is 0 Å². The zero-order valence-electron chi connectivity index (χ0n) is 12.6. The smallest absolute Gasteiger partial charge is 0.305 e. The van der Waals surface area contributed by atoms with Crippen LogP contribution in [0, 0.1) is 22.5 Å². The minimum Gasteiger partial charge on any atom is -0.305 e. The molecule has 0 amide bonds. The van der Waals surface area contributed by atoms with Gasteiger partial charge in [-0.1, -0.05) is 42.1 Å². The molecule has 0 N–H and O–H groups in total. The molecule has 0 heterocycles. The second-order valence-corrected chi connectivity index (χ2v) is 6.15. The van der Waals surface area contributed by atoms with Crippen LogP contribution in [0.4, 0.5) is 15.8 Å². The van der Waals surface area contributed by atoms with Crippen LogP contribution >= 0.6 is 11.8 Å². The Bertz CT molecular complexity index is 787. The molecule has 0 aliphatic rings. The van der Waals surface area contributed by atoms with Gasteiger partial charge >= 0.3 is 5.69 Å². The maximum absolute atomic E-state index is 14.1. The molecule has 2 rings (SSSR count). The first-order valence-electron chi connectivity index (χ1n) is 6.69. The van der Waals surface area contributed by atoms with E-state index in [1.165, 1.54) is 12.1 Å². The van der Waals surface area contributed by atoms with Gasteiger partial charge in [0, 0.05) is 11.4 Å². The predicted octanol–water partition coefficient (Wildman–Crippen LogP) is 4.50. The minimum atomic E-state index is -1.08. The molecule has 0 saturated carbocycles. The van der Waals surface area contributed by atoms with E-state index in [1.54, 1.807) is 0 Å². The number of hydrogen-bond donors (Lipinski definition) is 0. The monoisotopic (exact) mass is 331 g/mol. The number of nitrogens with zero attached hydrogens (tertiary/aromatic N) is 3. The standard InChI is InChI=1S/C16H14FN3O2S/c1-18-12-8-9-14(16(15(12)17)20(21)22)23-13-7-5-4-6-11(13)10-19(2)3/h4-9H,10H2,2-3H3. The Morgan fingerprint density at radius 1 is 1.26 bits per heavy atom. The Balaban J connectivity index is 2.48. The molecule has 0 aliphatic heterocycles. The summed E-state index contributed by atoms with van der Waals surface area (Å²) in [5.41, 5.74) is -0.00255. The van der Waals surface area contributed by atoms with Gasteiger partial charge in [-0.2, -0.15) is 0 Å². The van der Waals surface area contributed by atoms with E-state index in [0.29, 0.717) is 6.54 Å². The van der Waals surface area contributed by atoms with Crippen molar-refractivity contribution in [3.63, 3.8) is 0 Å². The highest BCUT2D eigenvalue weighted by Crippen LogP contribution is 2.40. The number of nitro groups is 1. The summed E-state index contributed by atoms with van der Waals surface area (Å²) in [6.07, 6.45) is 0. The van der Waals surface area contributed by atoms with Crippen molar-refractivity contribution in [3.05, 3.63) is 69.3 Å². The molecular weight excluding hydrogens is 317 g/mol. The molecule has 0 atom stereocenters. The molecule has 2 aromatic carbocycles. The molecule has 0 saturated heterocycles. The largest absolute Gasteiger partial charge is 0.308 e. The normalized spacial score (nSPS) is 10.6.